The van der Waals surface area contributed by atoms with E-state index in [1.165, 1.54) is 5.56 Å². The van der Waals surface area contributed by atoms with Crippen LogP contribution >= 0.6 is 27.5 Å². The van der Waals surface area contributed by atoms with Crippen LogP contribution < -0.4 is 0 Å². The van der Waals surface area contributed by atoms with Gasteiger partial charge in [-0.2, -0.15) is 0 Å². The Morgan fingerprint density at radius 2 is 1.56 bits per heavy atom. The van der Waals surface area contributed by atoms with E-state index < -0.39 is 0 Å². The molecule has 0 aliphatic rings. The minimum atomic E-state index is 0.231. The van der Waals surface area contributed by atoms with E-state index in [0.717, 1.165) is 10.6 Å². The van der Waals surface area contributed by atoms with Crippen molar-refractivity contribution in [3.63, 3.8) is 0 Å². The molecule has 0 aliphatic carbocycles. The second kappa shape index (κ2) is 5.51. The number of rotatable bonds is 3. The molecular weight excluding hydrogens is 284 g/mol. The van der Waals surface area contributed by atoms with Gasteiger partial charge in [0.05, 0.1) is 0 Å². The molecular formula is C14H11BrCl. The van der Waals surface area contributed by atoms with Crippen molar-refractivity contribution in [1.82, 2.24) is 0 Å². The lowest BCUT2D eigenvalue weighted by molar-refractivity contribution is 1.15. The molecule has 0 saturated carbocycles. The van der Waals surface area contributed by atoms with Crippen molar-refractivity contribution in [1.29, 1.82) is 0 Å². The second-order valence-electron chi connectivity index (χ2n) is 3.53. The Kier molecular flexibility index (Phi) is 4.03. The topological polar surface area (TPSA) is 0 Å². The zero-order chi connectivity index (χ0) is 11.4. The molecule has 0 saturated heterocycles. The number of benzene rings is 2. The van der Waals surface area contributed by atoms with Gasteiger partial charge in [0, 0.05) is 16.3 Å². The van der Waals surface area contributed by atoms with E-state index in [1.807, 2.05) is 42.5 Å². The molecule has 2 aromatic carbocycles. The van der Waals surface area contributed by atoms with Gasteiger partial charge in [-0.25, -0.2) is 0 Å². The van der Waals surface area contributed by atoms with Gasteiger partial charge in [-0.15, -0.1) is 0 Å². The highest BCUT2D eigenvalue weighted by Crippen LogP contribution is 2.28. The van der Waals surface area contributed by atoms with E-state index in [4.69, 9.17) is 11.6 Å². The number of hydrogen-bond acceptors (Lipinski definition) is 0. The predicted molar refractivity (Wildman–Crippen MR) is 73.0 cm³/mol. The molecule has 0 heterocycles. The minimum Gasteiger partial charge on any atom is -0.0843 e. The third-order valence-corrected chi connectivity index (χ3v) is 3.37. The Hall–Kier alpha value is -0.790. The monoisotopic (exact) mass is 293 g/mol. The molecule has 0 aromatic heterocycles. The van der Waals surface area contributed by atoms with Gasteiger partial charge in [0.2, 0.25) is 0 Å². The summed E-state index contributed by atoms with van der Waals surface area (Å²) in [5.41, 5.74) is 2.41. The molecule has 0 spiro atoms. The van der Waals surface area contributed by atoms with Crippen molar-refractivity contribution in [3.8, 4) is 0 Å². The highest BCUT2D eigenvalue weighted by atomic mass is 79.9. The summed E-state index contributed by atoms with van der Waals surface area (Å²) in [5.74, 6) is 0. The third kappa shape index (κ3) is 3.10. The van der Waals surface area contributed by atoms with Gasteiger partial charge in [-0.1, -0.05) is 70.0 Å². The number of hydrogen-bond donors (Lipinski definition) is 0. The molecule has 0 nitrogen and oxygen atoms in total. The first-order chi connectivity index (χ1) is 7.75. The molecule has 1 radical (unpaired) electrons. The SMILES string of the molecule is Clc1ccc([CH]C(Br)c2ccccc2)cc1. The van der Waals surface area contributed by atoms with E-state index in [1.54, 1.807) is 0 Å². The van der Waals surface area contributed by atoms with Crippen molar-refractivity contribution in [2.24, 2.45) is 0 Å². The lowest BCUT2D eigenvalue weighted by Crippen LogP contribution is -1.92. The maximum absolute atomic E-state index is 5.84. The maximum Gasteiger partial charge on any atom is 0.0470 e. The normalized spacial score (nSPS) is 12.4. The van der Waals surface area contributed by atoms with Crippen LogP contribution in [0.1, 0.15) is 16.0 Å². The number of alkyl halides is 1. The van der Waals surface area contributed by atoms with Crippen LogP contribution in [0, 0.1) is 6.42 Å². The fourth-order valence-electron chi connectivity index (χ4n) is 1.48. The van der Waals surface area contributed by atoms with Gasteiger partial charge >= 0.3 is 0 Å². The highest BCUT2D eigenvalue weighted by molar-refractivity contribution is 9.09. The summed E-state index contributed by atoms with van der Waals surface area (Å²) in [7, 11) is 0. The first-order valence-corrected chi connectivity index (χ1v) is 6.34. The van der Waals surface area contributed by atoms with Crippen LogP contribution in [0.25, 0.3) is 0 Å². The van der Waals surface area contributed by atoms with Crippen LogP contribution in [0.5, 0.6) is 0 Å². The Labute approximate surface area is 109 Å². The quantitative estimate of drug-likeness (QED) is 0.697. The zero-order valence-electron chi connectivity index (χ0n) is 8.61. The molecule has 0 fully saturated rings. The molecule has 1 atom stereocenters. The average Bonchev–Trinajstić information content (AvgIpc) is 2.33. The fourth-order valence-corrected chi connectivity index (χ4v) is 2.21. The molecule has 0 aliphatic heterocycles. The van der Waals surface area contributed by atoms with Crippen LogP contribution in [-0.4, -0.2) is 0 Å². The lowest BCUT2D eigenvalue weighted by atomic mass is 10.0. The van der Waals surface area contributed by atoms with Gasteiger partial charge < -0.3 is 0 Å². The van der Waals surface area contributed by atoms with Gasteiger partial charge in [0.1, 0.15) is 0 Å². The molecule has 0 bridgehead atoms. The first-order valence-electron chi connectivity index (χ1n) is 5.05. The van der Waals surface area contributed by atoms with Gasteiger partial charge in [0.15, 0.2) is 0 Å². The summed E-state index contributed by atoms with van der Waals surface area (Å²) in [6.07, 6.45) is 2.16. The van der Waals surface area contributed by atoms with Crippen LogP contribution in [0.2, 0.25) is 5.02 Å². The summed E-state index contributed by atoms with van der Waals surface area (Å²) >= 11 is 9.49. The van der Waals surface area contributed by atoms with Crippen molar-refractivity contribution in [3.05, 3.63) is 77.2 Å². The van der Waals surface area contributed by atoms with Crippen LogP contribution in [0.3, 0.4) is 0 Å². The Morgan fingerprint density at radius 1 is 0.938 bits per heavy atom. The Morgan fingerprint density at radius 3 is 2.19 bits per heavy atom. The lowest BCUT2D eigenvalue weighted by Gasteiger charge is -2.09. The molecule has 81 valence electrons. The summed E-state index contributed by atoms with van der Waals surface area (Å²) in [5, 5.41) is 0.767. The van der Waals surface area contributed by atoms with Crippen molar-refractivity contribution < 1.29 is 0 Å². The summed E-state index contributed by atoms with van der Waals surface area (Å²) in [6, 6.07) is 18.1. The minimum absolute atomic E-state index is 0.231. The summed E-state index contributed by atoms with van der Waals surface area (Å²) < 4.78 is 0. The third-order valence-electron chi connectivity index (χ3n) is 2.33. The molecule has 16 heavy (non-hydrogen) atoms. The largest absolute Gasteiger partial charge is 0.0843 e. The fraction of sp³-hybridized carbons (Fsp3) is 0.0714. The summed E-state index contributed by atoms with van der Waals surface area (Å²) in [4.78, 5) is 0.231. The summed E-state index contributed by atoms with van der Waals surface area (Å²) in [6.45, 7) is 0. The average molecular weight is 295 g/mol. The number of halogens is 2. The Balaban J connectivity index is 2.08. The standard InChI is InChI=1S/C14H11BrCl/c15-14(12-4-2-1-3-5-12)10-11-6-8-13(16)9-7-11/h1-10,14H. The van der Waals surface area contributed by atoms with Crippen LogP contribution in [0.4, 0.5) is 0 Å². The molecule has 1 unspecified atom stereocenters. The molecule has 0 amide bonds. The smallest absolute Gasteiger partial charge is 0.0470 e. The van der Waals surface area contributed by atoms with Gasteiger partial charge in [-0.3, -0.25) is 0 Å². The van der Waals surface area contributed by atoms with E-state index in [-0.39, 0.29) is 4.83 Å². The highest BCUT2D eigenvalue weighted by Gasteiger charge is 2.07. The molecule has 2 aromatic rings. The molecule has 2 heteroatoms. The van der Waals surface area contributed by atoms with Crippen molar-refractivity contribution in [2.75, 3.05) is 0 Å². The zero-order valence-corrected chi connectivity index (χ0v) is 10.9. The first kappa shape index (κ1) is 11.7. The van der Waals surface area contributed by atoms with Gasteiger partial charge in [0.25, 0.3) is 0 Å². The van der Waals surface area contributed by atoms with E-state index >= 15 is 0 Å². The van der Waals surface area contributed by atoms with Crippen LogP contribution in [0.15, 0.2) is 54.6 Å². The van der Waals surface area contributed by atoms with Crippen molar-refractivity contribution in [2.45, 2.75) is 4.83 Å². The second-order valence-corrected chi connectivity index (χ2v) is 4.95. The maximum atomic E-state index is 5.84. The van der Waals surface area contributed by atoms with Gasteiger partial charge in [-0.05, 0) is 23.3 Å². The Bertz CT molecular complexity index is 436. The van der Waals surface area contributed by atoms with E-state index in [9.17, 15) is 0 Å². The predicted octanol–water partition coefficient (Wildman–Crippen LogP) is 5.03. The van der Waals surface area contributed by atoms with Crippen molar-refractivity contribution >= 4 is 27.5 Å². The van der Waals surface area contributed by atoms with E-state index in [2.05, 4.69) is 34.5 Å². The molecule has 0 N–H and O–H groups in total. The molecule has 2 rings (SSSR count). The van der Waals surface area contributed by atoms with E-state index in [0.29, 0.717) is 0 Å². The van der Waals surface area contributed by atoms with Crippen LogP contribution in [-0.2, 0) is 0 Å².